The van der Waals surface area contributed by atoms with Crippen LogP contribution >= 0.6 is 0 Å². The number of fused-ring (bicyclic) bond motifs is 1. The summed E-state index contributed by atoms with van der Waals surface area (Å²) in [6, 6.07) is 13.7. The Labute approximate surface area is 182 Å². The van der Waals surface area contributed by atoms with Gasteiger partial charge in [-0.15, -0.1) is 0 Å². The predicted octanol–water partition coefficient (Wildman–Crippen LogP) is 4.86. The molecule has 2 aromatic carbocycles. The highest BCUT2D eigenvalue weighted by Crippen LogP contribution is 2.25. The topological polar surface area (TPSA) is 76.5 Å². The average Bonchev–Trinajstić information content (AvgIpc) is 3.20. The molecule has 162 valence electrons. The van der Waals surface area contributed by atoms with Crippen molar-refractivity contribution in [2.75, 3.05) is 18.4 Å². The number of nitrogens with zero attached hydrogens (tertiary/aromatic N) is 3. The van der Waals surface area contributed by atoms with Gasteiger partial charge in [0.1, 0.15) is 5.60 Å². The van der Waals surface area contributed by atoms with Gasteiger partial charge in [0, 0.05) is 24.8 Å². The van der Waals surface area contributed by atoms with Gasteiger partial charge in [0.05, 0.1) is 17.9 Å². The van der Waals surface area contributed by atoms with Crippen LogP contribution < -0.4 is 5.32 Å². The van der Waals surface area contributed by atoms with Crippen LogP contribution in [0.2, 0.25) is 0 Å². The number of nitrogens with one attached hydrogen (secondary N) is 1. The Morgan fingerprint density at radius 1 is 1.06 bits per heavy atom. The monoisotopic (exact) mass is 420 g/mol. The van der Waals surface area contributed by atoms with E-state index in [1.807, 2.05) is 74.1 Å². The molecule has 1 aliphatic heterocycles. The normalized spacial score (nSPS) is 15.1. The highest BCUT2D eigenvalue weighted by molar-refractivity contribution is 6.12. The third kappa shape index (κ3) is 4.87. The molecule has 1 fully saturated rings. The Balaban J connectivity index is 1.38. The fourth-order valence-electron chi connectivity index (χ4n) is 3.86. The van der Waals surface area contributed by atoms with Gasteiger partial charge >= 0.3 is 6.09 Å². The van der Waals surface area contributed by atoms with Gasteiger partial charge in [0.15, 0.2) is 0 Å². The number of ether oxygens (including phenoxy) is 1. The molecule has 3 aromatic rings. The lowest BCUT2D eigenvalue weighted by molar-refractivity contribution is 0.0184. The number of carbonyl (C=O) groups is 2. The van der Waals surface area contributed by atoms with Crippen LogP contribution in [0.3, 0.4) is 0 Å². The first-order valence-electron chi connectivity index (χ1n) is 10.6. The molecule has 2 heterocycles. The van der Waals surface area contributed by atoms with Crippen molar-refractivity contribution in [3.63, 3.8) is 0 Å². The predicted molar refractivity (Wildman–Crippen MR) is 120 cm³/mol. The first kappa shape index (κ1) is 20.9. The van der Waals surface area contributed by atoms with Crippen LogP contribution in [0.4, 0.5) is 10.5 Å². The molecule has 1 aromatic heterocycles. The fourth-order valence-corrected chi connectivity index (χ4v) is 3.86. The number of rotatable bonds is 3. The summed E-state index contributed by atoms with van der Waals surface area (Å²) in [4.78, 5) is 26.8. The van der Waals surface area contributed by atoms with Crippen molar-refractivity contribution in [3.05, 3.63) is 60.4 Å². The molecule has 0 saturated carbocycles. The summed E-state index contributed by atoms with van der Waals surface area (Å²) < 4.78 is 7.34. The van der Waals surface area contributed by atoms with Crippen molar-refractivity contribution < 1.29 is 14.3 Å². The third-order valence-electron chi connectivity index (χ3n) is 5.38. The van der Waals surface area contributed by atoms with Crippen molar-refractivity contribution in [1.29, 1.82) is 0 Å². The van der Waals surface area contributed by atoms with Crippen LogP contribution in [0, 0.1) is 0 Å². The quantitative estimate of drug-likeness (QED) is 0.656. The van der Waals surface area contributed by atoms with Crippen molar-refractivity contribution in [3.8, 4) is 0 Å². The van der Waals surface area contributed by atoms with E-state index in [2.05, 4.69) is 10.4 Å². The molecule has 4 rings (SSSR count). The van der Waals surface area contributed by atoms with E-state index in [0.717, 1.165) is 23.6 Å². The molecule has 1 saturated heterocycles. The maximum atomic E-state index is 12.8. The zero-order valence-corrected chi connectivity index (χ0v) is 18.2. The van der Waals surface area contributed by atoms with E-state index in [1.165, 1.54) is 0 Å². The van der Waals surface area contributed by atoms with E-state index >= 15 is 0 Å². The van der Waals surface area contributed by atoms with Crippen molar-refractivity contribution in [2.24, 2.45) is 0 Å². The van der Waals surface area contributed by atoms with Gasteiger partial charge in [0.2, 0.25) is 0 Å². The number of carbonyl (C=O) groups excluding carboxylic acids is 2. The van der Waals surface area contributed by atoms with E-state index < -0.39 is 5.60 Å². The summed E-state index contributed by atoms with van der Waals surface area (Å²) in [7, 11) is 0. The summed E-state index contributed by atoms with van der Waals surface area (Å²) in [5.74, 6) is -0.156. The molecule has 0 unspecified atom stereocenters. The summed E-state index contributed by atoms with van der Waals surface area (Å²) in [6.45, 7) is 6.86. The Kier molecular flexibility index (Phi) is 5.67. The first-order chi connectivity index (χ1) is 14.8. The van der Waals surface area contributed by atoms with Gasteiger partial charge in [0.25, 0.3) is 5.91 Å². The first-order valence-corrected chi connectivity index (χ1v) is 10.6. The van der Waals surface area contributed by atoms with Gasteiger partial charge < -0.3 is 15.0 Å². The Bertz CT molecular complexity index is 1090. The van der Waals surface area contributed by atoms with Gasteiger partial charge in [-0.2, -0.15) is 5.10 Å². The van der Waals surface area contributed by atoms with E-state index in [1.54, 1.807) is 11.1 Å². The Morgan fingerprint density at radius 2 is 1.77 bits per heavy atom. The molecule has 2 amide bonds. The van der Waals surface area contributed by atoms with Crippen LogP contribution in [0.25, 0.3) is 10.8 Å². The van der Waals surface area contributed by atoms with Gasteiger partial charge in [-0.05, 0) is 50.5 Å². The van der Waals surface area contributed by atoms with Crippen molar-refractivity contribution >= 4 is 28.5 Å². The van der Waals surface area contributed by atoms with Crippen LogP contribution in [-0.2, 0) is 4.74 Å². The number of benzene rings is 2. The molecule has 31 heavy (non-hydrogen) atoms. The van der Waals surface area contributed by atoms with Crippen LogP contribution in [-0.4, -0.2) is 45.4 Å². The van der Waals surface area contributed by atoms with Crippen molar-refractivity contribution in [1.82, 2.24) is 14.7 Å². The van der Waals surface area contributed by atoms with E-state index in [0.29, 0.717) is 24.3 Å². The molecule has 1 aliphatic rings. The molecule has 0 atom stereocenters. The van der Waals surface area contributed by atoms with Crippen LogP contribution in [0.15, 0.2) is 54.9 Å². The Morgan fingerprint density at radius 3 is 2.52 bits per heavy atom. The summed E-state index contributed by atoms with van der Waals surface area (Å²) in [5, 5.41) is 9.35. The lowest BCUT2D eigenvalue weighted by Gasteiger charge is -2.33. The van der Waals surface area contributed by atoms with Gasteiger partial charge in [-0.25, -0.2) is 4.79 Å². The number of amides is 2. The highest BCUT2D eigenvalue weighted by Gasteiger charge is 2.28. The summed E-state index contributed by atoms with van der Waals surface area (Å²) in [6.07, 6.45) is 4.84. The minimum absolute atomic E-state index is 0.156. The lowest BCUT2D eigenvalue weighted by atomic mass is 10.0. The van der Waals surface area contributed by atoms with E-state index in [-0.39, 0.29) is 18.0 Å². The molecule has 7 heteroatoms. The van der Waals surface area contributed by atoms with E-state index in [9.17, 15) is 9.59 Å². The molecular weight excluding hydrogens is 392 g/mol. The maximum Gasteiger partial charge on any atom is 0.410 e. The second-order valence-electron chi connectivity index (χ2n) is 8.89. The van der Waals surface area contributed by atoms with E-state index in [4.69, 9.17) is 4.74 Å². The standard InChI is InChI=1S/C24H28N4O3/c1-24(2,3)31-23(30)27-13-11-19(12-14-27)28-16-18(15-25-28)26-22(29)21-10-6-8-17-7-4-5-9-20(17)21/h4-10,15-16,19H,11-14H2,1-3H3,(H,26,29). The molecule has 0 aliphatic carbocycles. The van der Waals surface area contributed by atoms with Crippen LogP contribution in [0.1, 0.15) is 50.0 Å². The molecule has 0 bridgehead atoms. The van der Waals surface area contributed by atoms with Gasteiger partial charge in [-0.1, -0.05) is 36.4 Å². The molecule has 0 radical (unpaired) electrons. The fraction of sp³-hybridized carbons (Fsp3) is 0.375. The third-order valence-corrected chi connectivity index (χ3v) is 5.38. The number of likely N-dealkylation sites (tertiary alicyclic amines) is 1. The zero-order chi connectivity index (χ0) is 22.0. The second kappa shape index (κ2) is 8.41. The lowest BCUT2D eigenvalue weighted by Crippen LogP contribution is -2.42. The zero-order valence-electron chi connectivity index (χ0n) is 18.2. The summed E-state index contributed by atoms with van der Waals surface area (Å²) in [5.41, 5.74) is 0.802. The molecule has 1 N–H and O–H groups in total. The Hall–Kier alpha value is -3.35. The van der Waals surface area contributed by atoms with Crippen molar-refractivity contribution in [2.45, 2.75) is 45.3 Å². The largest absolute Gasteiger partial charge is 0.444 e. The SMILES string of the molecule is CC(C)(C)OC(=O)N1CCC(n2cc(NC(=O)c3cccc4ccccc34)cn2)CC1. The highest BCUT2D eigenvalue weighted by atomic mass is 16.6. The minimum Gasteiger partial charge on any atom is -0.444 e. The second-order valence-corrected chi connectivity index (χ2v) is 8.89. The number of anilines is 1. The number of aromatic nitrogens is 2. The molecule has 7 nitrogen and oxygen atoms in total. The average molecular weight is 421 g/mol. The minimum atomic E-state index is -0.493. The number of hydrogen-bond acceptors (Lipinski definition) is 4. The number of piperidine rings is 1. The number of hydrogen-bond donors (Lipinski definition) is 1. The summed E-state index contributed by atoms with van der Waals surface area (Å²) >= 11 is 0. The van der Waals surface area contributed by atoms with Gasteiger partial charge in [-0.3, -0.25) is 9.48 Å². The van der Waals surface area contributed by atoms with Crippen LogP contribution in [0.5, 0.6) is 0 Å². The molecule has 0 spiro atoms. The smallest absolute Gasteiger partial charge is 0.410 e. The maximum absolute atomic E-state index is 12.8. The molecular formula is C24H28N4O3.